The molecule has 0 bridgehead atoms. The number of carbonyl (C=O) groups is 1. The molecule has 7 nitrogen and oxygen atoms in total. The number of carbonyl (C=O) groups excluding carboxylic acids is 1. The maximum Gasteiger partial charge on any atom is 0.365 e. The molecule has 0 saturated heterocycles. The van der Waals surface area contributed by atoms with Gasteiger partial charge in [-0.3, -0.25) is 4.79 Å². The first-order chi connectivity index (χ1) is 7.29. The Bertz CT molecular complexity index is 467. The van der Waals surface area contributed by atoms with E-state index in [0.717, 1.165) is 0 Å². The maximum absolute atomic E-state index is 11.4. The summed E-state index contributed by atoms with van der Waals surface area (Å²) in [5.41, 5.74) is 5.29. The number of hydrogen-bond donors (Lipinski definition) is 2. The molecule has 1 atom stereocenters. The Morgan fingerprint density at radius 2 is 2.19 bits per heavy atom. The lowest BCUT2D eigenvalue weighted by atomic mass is 10.2. The van der Waals surface area contributed by atoms with Gasteiger partial charge in [-0.2, -0.15) is 8.42 Å². The highest BCUT2D eigenvalue weighted by atomic mass is 32.2. The third kappa shape index (κ3) is 2.25. The predicted octanol–water partition coefficient (Wildman–Crippen LogP) is -1.05. The summed E-state index contributed by atoms with van der Waals surface area (Å²) in [6.45, 7) is 1.43. The summed E-state index contributed by atoms with van der Waals surface area (Å²) in [6, 6.07) is 0. The predicted molar refractivity (Wildman–Crippen MR) is 58.4 cm³/mol. The van der Waals surface area contributed by atoms with Crippen LogP contribution in [0.2, 0.25) is 0 Å². The SMILES string of the molecule is CNC(=S)S(=O)(=O)OC1=C(N)OC(C)C1=O. The number of nitrogens with two attached hydrogens (primary N) is 1. The Hall–Kier alpha value is -1.35. The first kappa shape index (κ1) is 12.7. The molecule has 16 heavy (non-hydrogen) atoms. The minimum Gasteiger partial charge on any atom is -0.465 e. The van der Waals surface area contributed by atoms with E-state index < -0.39 is 32.1 Å². The van der Waals surface area contributed by atoms with Gasteiger partial charge in [0.1, 0.15) is 0 Å². The molecule has 1 aliphatic heterocycles. The lowest BCUT2D eigenvalue weighted by molar-refractivity contribution is -0.122. The van der Waals surface area contributed by atoms with Gasteiger partial charge in [0.25, 0.3) is 0 Å². The van der Waals surface area contributed by atoms with E-state index in [2.05, 4.69) is 21.7 Å². The molecule has 0 aromatic rings. The van der Waals surface area contributed by atoms with Gasteiger partial charge in [-0.25, -0.2) is 0 Å². The summed E-state index contributed by atoms with van der Waals surface area (Å²) in [7, 11) is -2.89. The smallest absolute Gasteiger partial charge is 0.365 e. The lowest BCUT2D eigenvalue weighted by Crippen LogP contribution is -2.29. The van der Waals surface area contributed by atoms with Crippen LogP contribution in [0.1, 0.15) is 6.92 Å². The van der Waals surface area contributed by atoms with E-state index in [1.165, 1.54) is 14.0 Å². The van der Waals surface area contributed by atoms with Crippen molar-refractivity contribution in [3.63, 3.8) is 0 Å². The standard InChI is InChI=1S/C7H10N2O5S2/c1-3-4(10)5(6(8)13-3)14-16(11,12)7(15)9-2/h3H,8H2,1-2H3,(H,9,15). The third-order valence-corrected chi connectivity index (χ3v) is 3.61. The van der Waals surface area contributed by atoms with Crippen molar-refractivity contribution in [3.05, 3.63) is 11.6 Å². The van der Waals surface area contributed by atoms with E-state index in [1.807, 2.05) is 0 Å². The van der Waals surface area contributed by atoms with Crippen LogP contribution in [0.3, 0.4) is 0 Å². The van der Waals surface area contributed by atoms with Crippen LogP contribution in [0.4, 0.5) is 0 Å². The Balaban J connectivity index is 2.96. The Labute approximate surface area is 97.7 Å². The largest absolute Gasteiger partial charge is 0.465 e. The molecule has 1 rings (SSSR count). The van der Waals surface area contributed by atoms with E-state index in [-0.39, 0.29) is 5.88 Å². The number of ketones is 1. The van der Waals surface area contributed by atoms with Crippen LogP contribution >= 0.6 is 12.2 Å². The van der Waals surface area contributed by atoms with Crippen LogP contribution in [-0.2, 0) is 23.8 Å². The summed E-state index contributed by atoms with van der Waals surface area (Å²) in [6.07, 6.45) is -0.853. The zero-order chi connectivity index (χ0) is 12.5. The topological polar surface area (TPSA) is 108 Å². The summed E-state index contributed by atoms with van der Waals surface area (Å²) in [5.74, 6) is -1.54. The quantitative estimate of drug-likeness (QED) is 0.481. The lowest BCUT2D eigenvalue weighted by Gasteiger charge is -2.06. The van der Waals surface area contributed by atoms with Crippen LogP contribution in [0, 0.1) is 0 Å². The van der Waals surface area contributed by atoms with Crippen molar-refractivity contribution in [2.45, 2.75) is 13.0 Å². The fourth-order valence-corrected chi connectivity index (χ4v) is 1.77. The van der Waals surface area contributed by atoms with Crippen LogP contribution in [0.25, 0.3) is 0 Å². The average molecular weight is 266 g/mol. The normalized spacial score (nSPS) is 20.6. The third-order valence-electron chi connectivity index (χ3n) is 1.74. The molecule has 9 heteroatoms. The van der Waals surface area contributed by atoms with Crippen molar-refractivity contribution in [2.75, 3.05) is 7.05 Å². The molecule has 0 aromatic heterocycles. The van der Waals surface area contributed by atoms with Crippen molar-refractivity contribution in [3.8, 4) is 0 Å². The van der Waals surface area contributed by atoms with E-state index in [1.54, 1.807) is 0 Å². The number of thiocarbonyl (C=S) groups is 1. The average Bonchev–Trinajstić information content (AvgIpc) is 2.43. The van der Waals surface area contributed by atoms with Crippen molar-refractivity contribution in [1.82, 2.24) is 5.32 Å². The van der Waals surface area contributed by atoms with Gasteiger partial charge in [-0.1, -0.05) is 0 Å². The minimum atomic E-state index is -4.20. The van der Waals surface area contributed by atoms with Gasteiger partial charge in [-0.15, -0.1) is 0 Å². The van der Waals surface area contributed by atoms with Crippen LogP contribution < -0.4 is 11.1 Å². The fraction of sp³-hybridized carbons (Fsp3) is 0.429. The molecule has 1 heterocycles. The molecule has 0 radical (unpaired) electrons. The second-order valence-corrected chi connectivity index (χ2v) is 5.04. The molecule has 0 aliphatic carbocycles. The molecule has 3 N–H and O–H groups in total. The van der Waals surface area contributed by atoms with E-state index >= 15 is 0 Å². The van der Waals surface area contributed by atoms with Gasteiger partial charge in [0.2, 0.25) is 21.7 Å². The molecular formula is C7H10N2O5S2. The highest BCUT2D eigenvalue weighted by Crippen LogP contribution is 2.21. The highest BCUT2D eigenvalue weighted by Gasteiger charge is 2.36. The number of rotatable bonds is 2. The minimum absolute atomic E-state index is 0.361. The molecule has 1 unspecified atom stereocenters. The van der Waals surface area contributed by atoms with Crippen molar-refractivity contribution >= 4 is 32.4 Å². The van der Waals surface area contributed by atoms with E-state index in [9.17, 15) is 13.2 Å². The van der Waals surface area contributed by atoms with E-state index in [4.69, 9.17) is 10.5 Å². The van der Waals surface area contributed by atoms with Crippen LogP contribution in [0.5, 0.6) is 0 Å². The van der Waals surface area contributed by atoms with Crippen molar-refractivity contribution < 1.29 is 22.1 Å². The zero-order valence-corrected chi connectivity index (χ0v) is 10.1. The second-order valence-electron chi connectivity index (χ2n) is 2.89. The highest BCUT2D eigenvalue weighted by molar-refractivity contribution is 8.14. The van der Waals surface area contributed by atoms with Crippen molar-refractivity contribution in [2.24, 2.45) is 5.73 Å². The summed E-state index contributed by atoms with van der Waals surface area (Å²) < 4.78 is 31.5. The molecule has 0 aromatic carbocycles. The zero-order valence-electron chi connectivity index (χ0n) is 8.51. The van der Waals surface area contributed by atoms with Gasteiger partial charge in [0, 0.05) is 7.05 Å². The number of Topliss-reactive ketones (excluding diaryl/α,β-unsaturated/α-hetero) is 1. The Morgan fingerprint density at radius 1 is 1.62 bits per heavy atom. The maximum atomic E-state index is 11.4. The molecule has 0 amide bonds. The molecule has 90 valence electrons. The molecule has 0 spiro atoms. The first-order valence-electron chi connectivity index (χ1n) is 4.16. The van der Waals surface area contributed by atoms with Gasteiger partial charge in [-0.05, 0) is 19.1 Å². The van der Waals surface area contributed by atoms with Crippen molar-refractivity contribution in [1.29, 1.82) is 0 Å². The molecule has 0 fully saturated rings. The van der Waals surface area contributed by atoms with Gasteiger partial charge in [0.05, 0.1) is 0 Å². The van der Waals surface area contributed by atoms with Gasteiger partial charge < -0.3 is 20.0 Å². The number of hydrogen-bond acceptors (Lipinski definition) is 7. The second kappa shape index (κ2) is 4.26. The Morgan fingerprint density at radius 3 is 2.56 bits per heavy atom. The molecule has 0 saturated carbocycles. The monoisotopic (exact) mass is 266 g/mol. The summed E-state index contributed by atoms with van der Waals surface area (Å²) in [5, 5.41) is 2.22. The first-order valence-corrected chi connectivity index (χ1v) is 5.98. The fourth-order valence-electron chi connectivity index (χ4n) is 0.958. The molecular weight excluding hydrogens is 256 g/mol. The number of nitrogens with one attached hydrogen (secondary N) is 1. The van der Waals surface area contributed by atoms with E-state index in [0.29, 0.717) is 0 Å². The van der Waals surface area contributed by atoms with Crippen LogP contribution in [0.15, 0.2) is 11.6 Å². The summed E-state index contributed by atoms with van der Waals surface area (Å²) in [4.78, 5) is 11.4. The number of ether oxygens (including phenoxy) is 1. The summed E-state index contributed by atoms with van der Waals surface area (Å²) >= 11 is 4.49. The molecule has 1 aliphatic rings. The van der Waals surface area contributed by atoms with Crippen LogP contribution in [-0.4, -0.2) is 31.7 Å². The van der Waals surface area contributed by atoms with Gasteiger partial charge >= 0.3 is 10.1 Å². The Kier molecular flexibility index (Phi) is 3.38. The van der Waals surface area contributed by atoms with Gasteiger partial charge in [0.15, 0.2) is 6.10 Å².